The molecule has 0 bridgehead atoms. The lowest BCUT2D eigenvalue weighted by atomic mass is 9.87. The number of benzene rings is 2. The van der Waals surface area contributed by atoms with E-state index in [1.807, 2.05) is 24.4 Å². The molecule has 3 nitrogen and oxygen atoms in total. The number of pyridine rings is 1. The Bertz CT molecular complexity index is 1340. The van der Waals surface area contributed by atoms with Crippen LogP contribution in [0.3, 0.4) is 0 Å². The summed E-state index contributed by atoms with van der Waals surface area (Å²) in [5, 5.41) is 19.3. The van der Waals surface area contributed by atoms with E-state index in [0.717, 1.165) is 36.9 Å². The predicted octanol–water partition coefficient (Wildman–Crippen LogP) is 7.93. The maximum atomic E-state index is 10.1. The molecule has 5 rings (SSSR count). The lowest BCUT2D eigenvalue weighted by molar-refractivity contribution is 0.0782. The molecular weight excluding hydrogens is 452 g/mol. The summed E-state index contributed by atoms with van der Waals surface area (Å²) < 4.78 is 0. The van der Waals surface area contributed by atoms with Gasteiger partial charge in [0.25, 0.3) is 0 Å². The molecular formula is C34H36N2O. The number of aryl methyl sites for hydroxylation is 1. The van der Waals surface area contributed by atoms with Crippen LogP contribution in [-0.2, 0) is 18.4 Å². The summed E-state index contributed by atoms with van der Waals surface area (Å²) in [6.45, 7) is 3.59. The quantitative estimate of drug-likeness (QED) is 0.311. The monoisotopic (exact) mass is 488 g/mol. The van der Waals surface area contributed by atoms with Crippen LogP contribution in [0.5, 0.6) is 0 Å². The average Bonchev–Trinajstić information content (AvgIpc) is 3.75. The number of fused-ring (bicyclic) bond motifs is 1. The van der Waals surface area contributed by atoms with Crippen LogP contribution in [0.15, 0.2) is 78.5 Å². The van der Waals surface area contributed by atoms with Crippen LogP contribution < -0.4 is 0 Å². The highest BCUT2D eigenvalue weighted by atomic mass is 16.3. The number of aliphatic hydroxyl groups is 1. The maximum absolute atomic E-state index is 10.1. The highest BCUT2D eigenvalue weighted by Gasteiger charge is 2.31. The Morgan fingerprint density at radius 2 is 1.70 bits per heavy atom. The molecule has 0 unspecified atom stereocenters. The molecule has 3 heteroatoms. The number of aromatic nitrogens is 1. The Balaban J connectivity index is 1.28. The number of hydrogen-bond donors (Lipinski definition) is 1. The Hall–Kier alpha value is -3.48. The molecule has 188 valence electrons. The van der Waals surface area contributed by atoms with Crippen molar-refractivity contribution in [3.63, 3.8) is 0 Å². The molecule has 1 saturated carbocycles. The molecule has 3 aromatic rings. The Morgan fingerprint density at radius 3 is 2.38 bits per heavy atom. The van der Waals surface area contributed by atoms with Crippen LogP contribution in [0.2, 0.25) is 0 Å². The van der Waals surface area contributed by atoms with Gasteiger partial charge in [-0.1, -0.05) is 55.0 Å². The van der Waals surface area contributed by atoms with E-state index in [1.165, 1.54) is 53.5 Å². The van der Waals surface area contributed by atoms with Gasteiger partial charge in [-0.05, 0) is 116 Å². The van der Waals surface area contributed by atoms with E-state index in [4.69, 9.17) is 0 Å². The number of rotatable bonds is 9. The van der Waals surface area contributed by atoms with Gasteiger partial charge in [-0.2, -0.15) is 5.26 Å². The molecule has 0 saturated heterocycles. The van der Waals surface area contributed by atoms with Crippen molar-refractivity contribution >= 4 is 5.57 Å². The summed E-state index contributed by atoms with van der Waals surface area (Å²) in [6, 6.07) is 21.0. The number of allylic oxidation sites excluding steroid dienone is 4. The summed E-state index contributed by atoms with van der Waals surface area (Å²) in [6.07, 6.45) is 15.7. The maximum Gasteiger partial charge on any atom is 0.0991 e. The van der Waals surface area contributed by atoms with Gasteiger partial charge in [-0.15, -0.1) is 0 Å². The van der Waals surface area contributed by atoms with Gasteiger partial charge in [0.2, 0.25) is 0 Å². The number of hydrogen-bond acceptors (Lipinski definition) is 3. The number of unbranched alkanes of at least 4 members (excludes halogenated alkanes) is 2. The van der Waals surface area contributed by atoms with Crippen LogP contribution in [0.4, 0.5) is 0 Å². The fourth-order valence-electron chi connectivity index (χ4n) is 5.44. The minimum Gasteiger partial charge on any atom is -0.386 e. The molecule has 0 amide bonds. The molecule has 2 aliphatic rings. The van der Waals surface area contributed by atoms with Crippen molar-refractivity contribution < 1.29 is 5.11 Å². The predicted molar refractivity (Wildman–Crippen MR) is 151 cm³/mol. The Kier molecular flexibility index (Phi) is 7.40. The van der Waals surface area contributed by atoms with Crippen molar-refractivity contribution in [2.45, 2.75) is 70.8 Å². The Morgan fingerprint density at radius 1 is 0.946 bits per heavy atom. The number of nitriles is 1. The fraction of sp³-hybridized carbons (Fsp3) is 0.353. The van der Waals surface area contributed by atoms with Gasteiger partial charge >= 0.3 is 0 Å². The van der Waals surface area contributed by atoms with Crippen molar-refractivity contribution in [3.05, 3.63) is 106 Å². The van der Waals surface area contributed by atoms with Crippen LogP contribution >= 0.6 is 0 Å². The zero-order chi connectivity index (χ0) is 25.8. The fourth-order valence-corrected chi connectivity index (χ4v) is 5.44. The molecule has 1 aromatic heterocycles. The molecule has 0 radical (unpaired) electrons. The highest BCUT2D eigenvalue weighted by molar-refractivity contribution is 5.82. The topological polar surface area (TPSA) is 56.9 Å². The Labute approximate surface area is 221 Å². The zero-order valence-electron chi connectivity index (χ0n) is 22.0. The molecule has 0 aliphatic heterocycles. The minimum atomic E-state index is -0.841. The van der Waals surface area contributed by atoms with E-state index in [9.17, 15) is 10.4 Å². The highest BCUT2D eigenvalue weighted by Crippen LogP contribution is 2.48. The van der Waals surface area contributed by atoms with Gasteiger partial charge in [0.1, 0.15) is 0 Å². The van der Waals surface area contributed by atoms with E-state index in [0.29, 0.717) is 11.5 Å². The van der Waals surface area contributed by atoms with Gasteiger partial charge in [0.15, 0.2) is 0 Å². The van der Waals surface area contributed by atoms with Crippen LogP contribution in [0.1, 0.15) is 80.3 Å². The first-order valence-electron chi connectivity index (χ1n) is 13.6. The van der Waals surface area contributed by atoms with E-state index < -0.39 is 5.60 Å². The molecule has 1 fully saturated rings. The van der Waals surface area contributed by atoms with Gasteiger partial charge in [0.05, 0.1) is 17.2 Å². The third kappa shape index (κ3) is 5.92. The lowest BCUT2D eigenvalue weighted by Crippen LogP contribution is -2.15. The summed E-state index contributed by atoms with van der Waals surface area (Å²) in [7, 11) is 0. The SMILES string of the molecule is CC(C)(O)c1ccc(CCCCCC2=C(C3CC3)c3cccc(-c4ccc(C#N)cc4)c3CC=C2)nc1. The molecule has 0 spiro atoms. The van der Waals surface area contributed by atoms with Gasteiger partial charge in [-0.3, -0.25) is 4.98 Å². The minimum absolute atomic E-state index is 0.686. The van der Waals surface area contributed by atoms with Crippen LogP contribution in [0.25, 0.3) is 16.7 Å². The van der Waals surface area contributed by atoms with E-state index in [1.54, 1.807) is 19.4 Å². The molecule has 0 atom stereocenters. The van der Waals surface area contributed by atoms with Crippen LogP contribution in [-0.4, -0.2) is 10.1 Å². The summed E-state index contributed by atoms with van der Waals surface area (Å²) in [5.74, 6) is 0.686. The van der Waals surface area contributed by atoms with E-state index in [-0.39, 0.29) is 0 Å². The third-order valence-corrected chi connectivity index (χ3v) is 7.67. The van der Waals surface area contributed by atoms with Crippen molar-refractivity contribution in [3.8, 4) is 17.2 Å². The number of nitrogens with zero attached hydrogens (tertiary/aromatic N) is 2. The normalized spacial score (nSPS) is 15.3. The zero-order valence-corrected chi connectivity index (χ0v) is 22.0. The van der Waals surface area contributed by atoms with E-state index in [2.05, 4.69) is 59.6 Å². The van der Waals surface area contributed by atoms with Gasteiger partial charge in [0, 0.05) is 17.5 Å². The van der Waals surface area contributed by atoms with Crippen molar-refractivity contribution in [1.29, 1.82) is 5.26 Å². The summed E-state index contributed by atoms with van der Waals surface area (Å²) in [5.41, 5.74) is 10.2. The summed E-state index contributed by atoms with van der Waals surface area (Å²) in [4.78, 5) is 4.56. The van der Waals surface area contributed by atoms with Crippen molar-refractivity contribution in [2.24, 2.45) is 5.92 Å². The second-order valence-electron chi connectivity index (χ2n) is 11.0. The second-order valence-corrected chi connectivity index (χ2v) is 11.0. The average molecular weight is 489 g/mol. The summed E-state index contributed by atoms with van der Waals surface area (Å²) >= 11 is 0. The largest absolute Gasteiger partial charge is 0.386 e. The first-order chi connectivity index (χ1) is 17.9. The molecule has 2 aromatic carbocycles. The smallest absolute Gasteiger partial charge is 0.0991 e. The van der Waals surface area contributed by atoms with E-state index >= 15 is 0 Å². The molecule has 1 heterocycles. The molecule has 1 N–H and O–H groups in total. The second kappa shape index (κ2) is 10.9. The van der Waals surface area contributed by atoms with Crippen LogP contribution in [0, 0.1) is 17.2 Å². The van der Waals surface area contributed by atoms with Crippen molar-refractivity contribution in [1.82, 2.24) is 4.98 Å². The third-order valence-electron chi connectivity index (χ3n) is 7.67. The molecule has 37 heavy (non-hydrogen) atoms. The first-order valence-corrected chi connectivity index (χ1v) is 13.6. The molecule has 2 aliphatic carbocycles. The van der Waals surface area contributed by atoms with Crippen molar-refractivity contribution in [2.75, 3.05) is 0 Å². The lowest BCUT2D eigenvalue weighted by Gasteiger charge is -2.18. The van der Waals surface area contributed by atoms with Gasteiger partial charge in [-0.25, -0.2) is 0 Å². The van der Waals surface area contributed by atoms with Gasteiger partial charge < -0.3 is 5.11 Å². The first kappa shape index (κ1) is 25.2. The standard InChI is InChI=1S/C34H36N2O/c1-34(2,37)28-20-21-29(36-23-28)10-5-3-4-8-26-9-6-12-31-30(25-16-14-24(22-35)15-17-25)11-7-13-32(31)33(26)27-18-19-27/h6-7,9,11,13-17,20-21,23,27,37H,3-5,8,10,12,18-19H2,1-2H3.